The second kappa shape index (κ2) is 4.97. The minimum atomic E-state index is -0.269. The maximum Gasteiger partial charge on any atom is 0.259 e. The van der Waals surface area contributed by atoms with E-state index in [1.165, 1.54) is 18.7 Å². The van der Waals surface area contributed by atoms with Crippen molar-refractivity contribution >= 4 is 34.3 Å². The van der Waals surface area contributed by atoms with E-state index < -0.39 is 0 Å². The Kier molecular flexibility index (Phi) is 3.40. The lowest BCUT2D eigenvalue weighted by molar-refractivity contribution is 0.102. The predicted molar refractivity (Wildman–Crippen MR) is 66.9 cm³/mol. The fourth-order valence-electron chi connectivity index (χ4n) is 1.05. The summed E-state index contributed by atoms with van der Waals surface area (Å²) in [6.07, 6.45) is 5.96. The summed E-state index contributed by atoms with van der Waals surface area (Å²) < 4.78 is 1.01. The van der Waals surface area contributed by atoms with Gasteiger partial charge in [-0.2, -0.15) is 0 Å². The molecule has 0 bridgehead atoms. The highest BCUT2D eigenvalue weighted by Gasteiger charge is 2.06. The van der Waals surface area contributed by atoms with E-state index in [9.17, 15) is 4.79 Å². The summed E-state index contributed by atoms with van der Waals surface area (Å²) in [7, 11) is 0. The van der Waals surface area contributed by atoms with Crippen LogP contribution in [-0.4, -0.2) is 20.9 Å². The van der Waals surface area contributed by atoms with Gasteiger partial charge in [-0.25, -0.2) is 15.0 Å². The summed E-state index contributed by atoms with van der Waals surface area (Å²) in [6, 6.07) is 3.61. The Morgan fingerprint density at radius 3 is 2.56 bits per heavy atom. The van der Waals surface area contributed by atoms with Gasteiger partial charge in [-0.05, 0) is 34.7 Å². The molecule has 2 aromatic rings. The molecular weight excluding hydrogens is 319 g/mol. The van der Waals surface area contributed by atoms with Crippen LogP contribution < -0.4 is 5.32 Å². The number of rotatable bonds is 2. The molecule has 0 aliphatic heterocycles. The van der Waals surface area contributed by atoms with Crippen LogP contribution in [0.2, 0.25) is 0 Å². The fraction of sp³-hybridized carbons (Fsp3) is 0. The van der Waals surface area contributed by atoms with Crippen molar-refractivity contribution < 1.29 is 4.79 Å². The Hall–Kier alpha value is -1.57. The molecule has 0 unspecified atom stereocenters. The lowest BCUT2D eigenvalue weighted by atomic mass is 10.3. The van der Waals surface area contributed by atoms with Crippen molar-refractivity contribution in [3.05, 3.63) is 46.2 Å². The van der Waals surface area contributed by atoms with Gasteiger partial charge in [0.2, 0.25) is 0 Å². The van der Waals surface area contributed by atoms with Crippen LogP contribution in [0.4, 0.5) is 5.82 Å². The van der Waals surface area contributed by atoms with Crippen molar-refractivity contribution in [1.29, 1.82) is 0 Å². The first kappa shape index (κ1) is 10.9. The third kappa shape index (κ3) is 2.72. The number of hydrogen-bond donors (Lipinski definition) is 1. The normalized spacial score (nSPS) is 9.81. The summed E-state index contributed by atoms with van der Waals surface area (Å²) in [4.78, 5) is 23.3. The molecule has 0 radical (unpaired) electrons. The van der Waals surface area contributed by atoms with Gasteiger partial charge in [0.25, 0.3) is 5.91 Å². The van der Waals surface area contributed by atoms with Crippen molar-refractivity contribution in [1.82, 2.24) is 15.0 Å². The second-order valence-electron chi connectivity index (χ2n) is 2.94. The van der Waals surface area contributed by atoms with E-state index in [1.54, 1.807) is 12.3 Å². The number of nitrogens with one attached hydrogen (secondary N) is 1. The molecule has 0 saturated heterocycles. The Balaban J connectivity index is 2.11. The van der Waals surface area contributed by atoms with E-state index in [4.69, 9.17) is 0 Å². The molecular formula is C10H7IN4O. The summed E-state index contributed by atoms with van der Waals surface area (Å²) in [5.41, 5.74) is 0.405. The number of nitrogens with zero attached hydrogens (tertiary/aromatic N) is 3. The van der Waals surface area contributed by atoms with Gasteiger partial charge in [-0.15, -0.1) is 0 Å². The molecule has 0 aromatic carbocycles. The molecule has 0 saturated carbocycles. The monoisotopic (exact) mass is 326 g/mol. The Morgan fingerprint density at radius 2 is 1.94 bits per heavy atom. The maximum absolute atomic E-state index is 11.7. The molecule has 2 heterocycles. The van der Waals surface area contributed by atoms with E-state index in [2.05, 4.69) is 42.9 Å². The van der Waals surface area contributed by atoms with Gasteiger partial charge in [0.1, 0.15) is 12.1 Å². The Morgan fingerprint density at radius 1 is 1.19 bits per heavy atom. The number of amides is 1. The standard InChI is InChI=1S/C10H7IN4O/c11-8-1-2-9(14-5-8)15-10(16)7-3-12-6-13-4-7/h1-6H,(H,14,15,16). The first-order chi connectivity index (χ1) is 7.75. The summed E-state index contributed by atoms with van der Waals surface area (Å²) in [5, 5.41) is 2.65. The van der Waals surface area contributed by atoms with Gasteiger partial charge in [-0.1, -0.05) is 0 Å². The molecule has 6 heteroatoms. The van der Waals surface area contributed by atoms with E-state index in [-0.39, 0.29) is 5.91 Å². The molecule has 16 heavy (non-hydrogen) atoms. The molecule has 0 spiro atoms. The van der Waals surface area contributed by atoms with Crippen molar-refractivity contribution in [2.75, 3.05) is 5.32 Å². The third-order valence-electron chi connectivity index (χ3n) is 1.79. The highest BCUT2D eigenvalue weighted by molar-refractivity contribution is 14.1. The van der Waals surface area contributed by atoms with Crippen LogP contribution in [0.25, 0.3) is 0 Å². The third-order valence-corrected chi connectivity index (χ3v) is 2.43. The van der Waals surface area contributed by atoms with Crippen LogP contribution in [0.5, 0.6) is 0 Å². The molecule has 0 aliphatic rings. The quantitative estimate of drug-likeness (QED) is 0.854. The molecule has 80 valence electrons. The molecule has 2 aromatic heterocycles. The Bertz CT molecular complexity index is 486. The van der Waals surface area contributed by atoms with E-state index in [0.717, 1.165) is 3.57 Å². The lowest BCUT2D eigenvalue weighted by Crippen LogP contribution is -2.13. The molecule has 0 fully saturated rings. The van der Waals surface area contributed by atoms with E-state index >= 15 is 0 Å². The zero-order chi connectivity index (χ0) is 11.4. The highest BCUT2D eigenvalue weighted by Crippen LogP contribution is 2.08. The van der Waals surface area contributed by atoms with Crippen LogP contribution >= 0.6 is 22.6 Å². The average Bonchev–Trinajstić information content (AvgIpc) is 2.33. The number of anilines is 1. The van der Waals surface area contributed by atoms with E-state index in [1.807, 2.05) is 6.07 Å². The van der Waals surface area contributed by atoms with Gasteiger partial charge in [-0.3, -0.25) is 4.79 Å². The number of halogens is 1. The SMILES string of the molecule is O=C(Nc1ccc(I)cn1)c1cncnc1. The van der Waals surface area contributed by atoms with Crippen molar-refractivity contribution in [3.8, 4) is 0 Å². The molecule has 1 amide bonds. The number of hydrogen-bond acceptors (Lipinski definition) is 4. The molecule has 0 aliphatic carbocycles. The van der Waals surface area contributed by atoms with Gasteiger partial charge < -0.3 is 5.32 Å². The number of carbonyl (C=O) groups is 1. The van der Waals surface area contributed by atoms with Gasteiger partial charge >= 0.3 is 0 Å². The molecule has 2 rings (SSSR count). The minimum absolute atomic E-state index is 0.269. The van der Waals surface area contributed by atoms with Crippen molar-refractivity contribution in [2.45, 2.75) is 0 Å². The number of carbonyl (C=O) groups excluding carboxylic acids is 1. The summed E-state index contributed by atoms with van der Waals surface area (Å²) >= 11 is 2.15. The van der Waals surface area contributed by atoms with Crippen LogP contribution in [0.3, 0.4) is 0 Å². The first-order valence-electron chi connectivity index (χ1n) is 4.43. The van der Waals surface area contributed by atoms with Gasteiger partial charge in [0, 0.05) is 22.2 Å². The average molecular weight is 326 g/mol. The van der Waals surface area contributed by atoms with Crippen LogP contribution in [-0.2, 0) is 0 Å². The largest absolute Gasteiger partial charge is 0.306 e. The van der Waals surface area contributed by atoms with Gasteiger partial charge in [0.15, 0.2) is 0 Å². The second-order valence-corrected chi connectivity index (χ2v) is 4.19. The predicted octanol–water partition coefficient (Wildman–Crippen LogP) is 1.73. The topological polar surface area (TPSA) is 67.8 Å². The van der Waals surface area contributed by atoms with Crippen molar-refractivity contribution in [2.24, 2.45) is 0 Å². The molecule has 0 atom stereocenters. The zero-order valence-corrected chi connectivity index (χ0v) is 10.2. The zero-order valence-electron chi connectivity index (χ0n) is 8.09. The van der Waals surface area contributed by atoms with Crippen LogP contribution in [0, 0.1) is 3.57 Å². The summed E-state index contributed by atoms with van der Waals surface area (Å²) in [6.45, 7) is 0. The summed E-state index contributed by atoms with van der Waals surface area (Å²) in [5.74, 6) is 0.239. The number of pyridine rings is 1. The lowest BCUT2D eigenvalue weighted by Gasteiger charge is -2.03. The first-order valence-corrected chi connectivity index (χ1v) is 5.51. The number of aromatic nitrogens is 3. The Labute approximate surface area is 105 Å². The minimum Gasteiger partial charge on any atom is -0.306 e. The molecule has 5 nitrogen and oxygen atoms in total. The smallest absolute Gasteiger partial charge is 0.259 e. The maximum atomic E-state index is 11.7. The molecule has 1 N–H and O–H groups in total. The van der Waals surface area contributed by atoms with Gasteiger partial charge in [0.05, 0.1) is 5.56 Å². The van der Waals surface area contributed by atoms with Crippen LogP contribution in [0.15, 0.2) is 37.1 Å². The van der Waals surface area contributed by atoms with Crippen LogP contribution in [0.1, 0.15) is 10.4 Å². The fourth-order valence-corrected chi connectivity index (χ4v) is 1.37. The van der Waals surface area contributed by atoms with Crippen molar-refractivity contribution in [3.63, 3.8) is 0 Å². The highest BCUT2D eigenvalue weighted by atomic mass is 127. The van der Waals surface area contributed by atoms with E-state index in [0.29, 0.717) is 11.4 Å².